The second-order valence-corrected chi connectivity index (χ2v) is 5.22. The van der Waals surface area contributed by atoms with E-state index in [0.717, 1.165) is 6.54 Å². The van der Waals surface area contributed by atoms with Crippen LogP contribution in [0.3, 0.4) is 0 Å². The van der Waals surface area contributed by atoms with E-state index in [1.165, 1.54) is 0 Å². The van der Waals surface area contributed by atoms with Gasteiger partial charge in [-0.25, -0.2) is 4.79 Å². The van der Waals surface area contributed by atoms with Crippen molar-refractivity contribution in [1.29, 1.82) is 0 Å². The first-order chi connectivity index (χ1) is 9.61. The summed E-state index contributed by atoms with van der Waals surface area (Å²) in [5, 5.41) is 14.9. The summed E-state index contributed by atoms with van der Waals surface area (Å²) in [6.45, 7) is 4.12. The molecule has 0 bridgehead atoms. The van der Waals surface area contributed by atoms with E-state index in [4.69, 9.17) is 14.6 Å². The SMILES string of the molecule is CCNC1COCC1C(=O)NCC1CCC(C(=O)O)O1. The zero-order valence-electron chi connectivity index (χ0n) is 11.6. The number of ether oxygens (including phenoxy) is 2. The van der Waals surface area contributed by atoms with E-state index in [1.54, 1.807) is 0 Å². The molecule has 0 saturated carbocycles. The fraction of sp³-hybridized carbons (Fsp3) is 0.846. The smallest absolute Gasteiger partial charge is 0.332 e. The van der Waals surface area contributed by atoms with Crippen molar-refractivity contribution >= 4 is 11.9 Å². The van der Waals surface area contributed by atoms with E-state index in [0.29, 0.717) is 32.6 Å². The van der Waals surface area contributed by atoms with Crippen molar-refractivity contribution < 1.29 is 24.2 Å². The highest BCUT2D eigenvalue weighted by molar-refractivity contribution is 5.80. The molecule has 0 spiro atoms. The Labute approximate surface area is 118 Å². The Bertz CT molecular complexity index is 363. The van der Waals surface area contributed by atoms with Crippen LogP contribution in [0.5, 0.6) is 0 Å². The Balaban J connectivity index is 1.74. The zero-order valence-corrected chi connectivity index (χ0v) is 11.6. The van der Waals surface area contributed by atoms with Crippen LogP contribution in [0, 0.1) is 5.92 Å². The summed E-state index contributed by atoms with van der Waals surface area (Å²) < 4.78 is 10.7. The number of amides is 1. The van der Waals surface area contributed by atoms with Gasteiger partial charge >= 0.3 is 5.97 Å². The Morgan fingerprint density at radius 3 is 2.75 bits per heavy atom. The lowest BCUT2D eigenvalue weighted by molar-refractivity contribution is -0.149. The number of nitrogens with one attached hydrogen (secondary N) is 2. The average Bonchev–Trinajstić information content (AvgIpc) is 3.05. The molecule has 0 aromatic rings. The van der Waals surface area contributed by atoms with Crippen LogP contribution in [0.1, 0.15) is 19.8 Å². The van der Waals surface area contributed by atoms with Crippen molar-refractivity contribution in [2.24, 2.45) is 5.92 Å². The molecule has 2 rings (SSSR count). The molecule has 2 fully saturated rings. The van der Waals surface area contributed by atoms with E-state index in [2.05, 4.69) is 10.6 Å². The topological polar surface area (TPSA) is 96.9 Å². The van der Waals surface area contributed by atoms with Gasteiger partial charge in [0, 0.05) is 12.6 Å². The lowest BCUT2D eigenvalue weighted by atomic mass is 10.0. The van der Waals surface area contributed by atoms with Crippen molar-refractivity contribution in [1.82, 2.24) is 10.6 Å². The minimum atomic E-state index is -0.935. The maximum atomic E-state index is 12.1. The number of carboxylic acid groups (broad SMARTS) is 1. The third-order valence-electron chi connectivity index (χ3n) is 3.77. The van der Waals surface area contributed by atoms with Crippen LogP contribution in [-0.4, -0.2) is 61.5 Å². The first-order valence-electron chi connectivity index (χ1n) is 7.09. The summed E-state index contributed by atoms with van der Waals surface area (Å²) in [5.74, 6) is -1.18. The molecular formula is C13H22N2O5. The number of hydrogen-bond donors (Lipinski definition) is 3. The van der Waals surface area contributed by atoms with Gasteiger partial charge in [-0.2, -0.15) is 0 Å². The third-order valence-corrected chi connectivity index (χ3v) is 3.77. The summed E-state index contributed by atoms with van der Waals surface area (Å²) >= 11 is 0. The molecule has 2 saturated heterocycles. The van der Waals surface area contributed by atoms with Crippen molar-refractivity contribution in [3.63, 3.8) is 0 Å². The Hall–Kier alpha value is -1.18. The second kappa shape index (κ2) is 7.01. The molecule has 7 heteroatoms. The van der Waals surface area contributed by atoms with Gasteiger partial charge in [-0.3, -0.25) is 4.79 Å². The van der Waals surface area contributed by atoms with E-state index in [1.807, 2.05) is 6.92 Å². The summed E-state index contributed by atoms with van der Waals surface area (Å²) in [6, 6.07) is 0.0521. The quantitative estimate of drug-likeness (QED) is 0.601. The van der Waals surface area contributed by atoms with Crippen LogP contribution in [0.4, 0.5) is 0 Å². The molecule has 3 N–H and O–H groups in total. The van der Waals surface area contributed by atoms with E-state index >= 15 is 0 Å². The number of carbonyl (C=O) groups is 2. The van der Waals surface area contributed by atoms with Crippen LogP contribution >= 0.6 is 0 Å². The molecule has 0 aromatic heterocycles. The predicted octanol–water partition coefficient (Wildman–Crippen LogP) is -0.641. The zero-order chi connectivity index (χ0) is 14.5. The fourth-order valence-electron chi connectivity index (χ4n) is 2.66. The van der Waals surface area contributed by atoms with Crippen LogP contribution in [0.25, 0.3) is 0 Å². The highest BCUT2D eigenvalue weighted by Crippen LogP contribution is 2.20. The first kappa shape index (κ1) is 15.2. The van der Waals surface area contributed by atoms with Gasteiger partial charge in [0.05, 0.1) is 25.2 Å². The molecular weight excluding hydrogens is 264 g/mol. The molecule has 7 nitrogen and oxygen atoms in total. The first-order valence-corrected chi connectivity index (χ1v) is 7.09. The van der Waals surface area contributed by atoms with Crippen molar-refractivity contribution in [3.05, 3.63) is 0 Å². The minimum absolute atomic E-state index is 0.0521. The van der Waals surface area contributed by atoms with Gasteiger partial charge in [-0.05, 0) is 19.4 Å². The van der Waals surface area contributed by atoms with Gasteiger partial charge < -0.3 is 25.2 Å². The van der Waals surface area contributed by atoms with Crippen LogP contribution in [-0.2, 0) is 19.1 Å². The number of likely N-dealkylation sites (N-methyl/N-ethyl adjacent to an activating group) is 1. The number of rotatable bonds is 6. The molecule has 2 aliphatic rings. The van der Waals surface area contributed by atoms with Gasteiger partial charge in [0.2, 0.25) is 5.91 Å². The highest BCUT2D eigenvalue weighted by Gasteiger charge is 2.35. The Kier molecular flexibility index (Phi) is 5.33. The monoisotopic (exact) mass is 286 g/mol. The number of carbonyl (C=O) groups excluding carboxylic acids is 1. The molecule has 4 unspecified atom stereocenters. The normalized spacial score (nSPS) is 33.2. The molecule has 2 heterocycles. The van der Waals surface area contributed by atoms with Gasteiger partial charge in [0.25, 0.3) is 0 Å². The molecule has 20 heavy (non-hydrogen) atoms. The average molecular weight is 286 g/mol. The molecule has 0 aliphatic carbocycles. The van der Waals surface area contributed by atoms with E-state index in [-0.39, 0.29) is 24.0 Å². The van der Waals surface area contributed by atoms with Gasteiger partial charge in [-0.1, -0.05) is 6.92 Å². The van der Waals surface area contributed by atoms with Crippen molar-refractivity contribution in [2.75, 3.05) is 26.3 Å². The van der Waals surface area contributed by atoms with E-state index in [9.17, 15) is 9.59 Å². The van der Waals surface area contributed by atoms with Crippen molar-refractivity contribution in [2.45, 2.75) is 38.0 Å². The predicted molar refractivity (Wildman–Crippen MR) is 70.3 cm³/mol. The molecule has 114 valence electrons. The van der Waals surface area contributed by atoms with Crippen LogP contribution < -0.4 is 10.6 Å². The fourth-order valence-corrected chi connectivity index (χ4v) is 2.66. The summed E-state index contributed by atoms with van der Waals surface area (Å²) in [5.41, 5.74) is 0. The van der Waals surface area contributed by atoms with Gasteiger partial charge in [0.15, 0.2) is 6.10 Å². The molecule has 2 aliphatic heterocycles. The Morgan fingerprint density at radius 1 is 1.30 bits per heavy atom. The van der Waals surface area contributed by atoms with Gasteiger partial charge in [0.1, 0.15) is 0 Å². The summed E-state index contributed by atoms with van der Waals surface area (Å²) in [4.78, 5) is 22.9. The number of aliphatic carboxylic acids is 1. The van der Waals surface area contributed by atoms with Crippen LogP contribution in [0.15, 0.2) is 0 Å². The Morgan fingerprint density at radius 2 is 2.10 bits per heavy atom. The molecule has 0 aromatic carbocycles. The molecule has 4 atom stereocenters. The molecule has 1 amide bonds. The van der Waals surface area contributed by atoms with E-state index < -0.39 is 12.1 Å². The lowest BCUT2D eigenvalue weighted by Crippen LogP contribution is -2.45. The van der Waals surface area contributed by atoms with Crippen molar-refractivity contribution in [3.8, 4) is 0 Å². The lowest BCUT2D eigenvalue weighted by Gasteiger charge is -2.19. The maximum absolute atomic E-state index is 12.1. The van der Waals surface area contributed by atoms with Crippen LogP contribution in [0.2, 0.25) is 0 Å². The standard InChI is InChI=1S/C13H22N2O5/c1-2-14-10-7-19-6-9(10)12(16)15-5-8-3-4-11(20-8)13(17)18/h8-11,14H,2-7H2,1H3,(H,15,16)(H,17,18). The number of hydrogen-bond acceptors (Lipinski definition) is 5. The maximum Gasteiger partial charge on any atom is 0.332 e. The van der Waals surface area contributed by atoms with Gasteiger partial charge in [-0.15, -0.1) is 0 Å². The summed E-state index contributed by atoms with van der Waals surface area (Å²) in [7, 11) is 0. The second-order valence-electron chi connectivity index (χ2n) is 5.22. The largest absolute Gasteiger partial charge is 0.479 e. The number of carboxylic acids is 1. The highest BCUT2D eigenvalue weighted by atomic mass is 16.5. The summed E-state index contributed by atoms with van der Waals surface area (Å²) in [6.07, 6.45) is 0.221. The minimum Gasteiger partial charge on any atom is -0.479 e. The third kappa shape index (κ3) is 3.68. The molecule has 0 radical (unpaired) electrons.